The van der Waals surface area contributed by atoms with Gasteiger partial charge in [0.05, 0.1) is 0 Å². The number of fused-ring (bicyclic) bond motifs is 1. The monoisotopic (exact) mass is 168 g/mol. The number of ether oxygens (including phenoxy) is 1. The van der Waals surface area contributed by atoms with E-state index < -0.39 is 0 Å². The molecule has 0 aromatic carbocycles. The van der Waals surface area contributed by atoms with E-state index in [9.17, 15) is 0 Å². The van der Waals surface area contributed by atoms with E-state index in [1.807, 2.05) is 0 Å². The van der Waals surface area contributed by atoms with Crippen molar-refractivity contribution in [2.45, 2.75) is 31.5 Å². The molecular formula is C9H13OP. The second kappa shape index (κ2) is 2.64. The molecule has 1 fully saturated rings. The van der Waals surface area contributed by atoms with E-state index in [4.69, 9.17) is 4.74 Å². The molecule has 1 aliphatic heterocycles. The maximum atomic E-state index is 5.60. The van der Waals surface area contributed by atoms with Crippen LogP contribution in [-0.2, 0) is 4.74 Å². The summed E-state index contributed by atoms with van der Waals surface area (Å²) in [5.74, 6) is 1.14. The summed E-state index contributed by atoms with van der Waals surface area (Å²) in [5, 5.41) is 0. The lowest BCUT2D eigenvalue weighted by Crippen LogP contribution is -1.99. The number of allylic oxidation sites excluding steroid dienone is 3. The lowest BCUT2D eigenvalue weighted by atomic mass is 10.0. The van der Waals surface area contributed by atoms with Crippen molar-refractivity contribution in [3.8, 4) is 0 Å². The van der Waals surface area contributed by atoms with E-state index in [1.165, 1.54) is 5.57 Å². The average Bonchev–Trinajstić information content (AvgIpc) is 2.27. The zero-order valence-electron chi connectivity index (χ0n) is 6.71. The molecule has 1 heterocycles. The van der Waals surface area contributed by atoms with Gasteiger partial charge in [-0.05, 0) is 30.7 Å². The van der Waals surface area contributed by atoms with Gasteiger partial charge < -0.3 is 4.74 Å². The molecule has 60 valence electrons. The Morgan fingerprint density at radius 2 is 2.45 bits per heavy atom. The van der Waals surface area contributed by atoms with Crippen LogP contribution in [-0.4, -0.2) is 11.8 Å². The molecule has 0 N–H and O–H groups in total. The minimum atomic E-state index is 0.391. The summed E-state index contributed by atoms with van der Waals surface area (Å²) in [4.78, 5) is 0. The fourth-order valence-electron chi connectivity index (χ4n) is 1.64. The summed E-state index contributed by atoms with van der Waals surface area (Å²) in [6, 6.07) is 0. The molecule has 0 saturated carbocycles. The summed E-state index contributed by atoms with van der Waals surface area (Å²) < 4.78 is 5.60. The van der Waals surface area contributed by atoms with E-state index in [1.54, 1.807) is 0 Å². The molecule has 1 saturated heterocycles. The Balaban J connectivity index is 2.24. The van der Waals surface area contributed by atoms with Crippen LogP contribution in [0, 0.1) is 0 Å². The molecule has 0 aromatic heterocycles. The second-order valence-corrected chi connectivity index (χ2v) is 4.15. The van der Waals surface area contributed by atoms with Gasteiger partial charge in [0, 0.05) is 6.42 Å². The summed E-state index contributed by atoms with van der Waals surface area (Å²) in [5.41, 5.74) is 2.03. The SMILES string of the molecule is C[C@@H]1CC2=CC(P)CC=C2O1. The largest absolute Gasteiger partial charge is 0.490 e. The highest BCUT2D eigenvalue weighted by atomic mass is 31.0. The van der Waals surface area contributed by atoms with Crippen LogP contribution in [0.2, 0.25) is 0 Å². The van der Waals surface area contributed by atoms with Gasteiger partial charge in [-0.25, -0.2) is 0 Å². The molecule has 3 atom stereocenters. The Morgan fingerprint density at radius 3 is 3.27 bits per heavy atom. The number of hydrogen-bond acceptors (Lipinski definition) is 1. The van der Waals surface area contributed by atoms with Gasteiger partial charge in [0.25, 0.3) is 0 Å². The van der Waals surface area contributed by atoms with Crippen molar-refractivity contribution < 1.29 is 4.74 Å². The lowest BCUT2D eigenvalue weighted by Gasteiger charge is -2.11. The van der Waals surface area contributed by atoms with Crippen molar-refractivity contribution in [2.24, 2.45) is 0 Å². The highest BCUT2D eigenvalue weighted by molar-refractivity contribution is 7.17. The molecule has 2 heteroatoms. The van der Waals surface area contributed by atoms with Crippen molar-refractivity contribution in [3.05, 3.63) is 23.5 Å². The van der Waals surface area contributed by atoms with Gasteiger partial charge in [-0.15, -0.1) is 9.24 Å². The summed E-state index contributed by atoms with van der Waals surface area (Å²) in [7, 11) is 2.84. The fourth-order valence-corrected chi connectivity index (χ4v) is 2.01. The third kappa shape index (κ3) is 1.35. The fraction of sp³-hybridized carbons (Fsp3) is 0.556. The van der Waals surface area contributed by atoms with Crippen LogP contribution in [0.3, 0.4) is 0 Å². The van der Waals surface area contributed by atoms with Crippen molar-refractivity contribution in [3.63, 3.8) is 0 Å². The summed E-state index contributed by atoms with van der Waals surface area (Å²) >= 11 is 0. The zero-order chi connectivity index (χ0) is 7.84. The molecule has 2 aliphatic rings. The molecule has 11 heavy (non-hydrogen) atoms. The quantitative estimate of drug-likeness (QED) is 0.504. The summed E-state index contributed by atoms with van der Waals surface area (Å²) in [6.45, 7) is 2.12. The van der Waals surface area contributed by atoms with Gasteiger partial charge in [0.1, 0.15) is 11.9 Å². The minimum Gasteiger partial charge on any atom is -0.490 e. The third-order valence-electron chi connectivity index (χ3n) is 2.14. The first-order chi connectivity index (χ1) is 5.25. The van der Waals surface area contributed by atoms with Crippen LogP contribution >= 0.6 is 9.24 Å². The first-order valence-electron chi connectivity index (χ1n) is 4.09. The normalized spacial score (nSPS) is 35.5. The third-order valence-corrected chi connectivity index (χ3v) is 2.61. The Morgan fingerprint density at radius 1 is 1.64 bits per heavy atom. The Kier molecular flexibility index (Phi) is 1.77. The van der Waals surface area contributed by atoms with Gasteiger partial charge in [-0.1, -0.05) is 6.08 Å². The van der Waals surface area contributed by atoms with Crippen LogP contribution in [0.5, 0.6) is 0 Å². The number of rotatable bonds is 0. The van der Waals surface area contributed by atoms with Crippen LogP contribution in [0.25, 0.3) is 0 Å². The molecule has 0 spiro atoms. The first-order valence-corrected chi connectivity index (χ1v) is 4.76. The van der Waals surface area contributed by atoms with Crippen LogP contribution in [0.4, 0.5) is 0 Å². The van der Waals surface area contributed by atoms with E-state index in [0.717, 1.165) is 18.6 Å². The maximum absolute atomic E-state index is 5.60. The van der Waals surface area contributed by atoms with E-state index in [2.05, 4.69) is 28.3 Å². The smallest absolute Gasteiger partial charge is 0.118 e. The molecule has 2 rings (SSSR count). The molecule has 0 bridgehead atoms. The topological polar surface area (TPSA) is 9.23 Å². The van der Waals surface area contributed by atoms with E-state index in [0.29, 0.717) is 11.8 Å². The van der Waals surface area contributed by atoms with E-state index >= 15 is 0 Å². The lowest BCUT2D eigenvalue weighted by molar-refractivity contribution is 0.177. The van der Waals surface area contributed by atoms with Crippen molar-refractivity contribution in [1.29, 1.82) is 0 Å². The first kappa shape index (κ1) is 7.36. The van der Waals surface area contributed by atoms with Gasteiger partial charge in [0.15, 0.2) is 0 Å². The molecule has 1 aliphatic carbocycles. The minimum absolute atomic E-state index is 0.391. The standard InChI is InChI=1S/C9H13OP/c1-6-4-7-5-8(11)2-3-9(7)10-6/h3,5-6,8H,2,4,11H2,1H3/t6-,8?/m1/s1. The molecule has 0 radical (unpaired) electrons. The molecule has 0 amide bonds. The predicted molar refractivity (Wildman–Crippen MR) is 49.4 cm³/mol. The summed E-state index contributed by atoms with van der Waals surface area (Å²) in [6.07, 6.45) is 7.11. The molecular weight excluding hydrogens is 155 g/mol. The Bertz CT molecular complexity index is 230. The van der Waals surface area contributed by atoms with E-state index in [-0.39, 0.29) is 0 Å². The number of hydrogen-bond donors (Lipinski definition) is 0. The van der Waals surface area contributed by atoms with Crippen molar-refractivity contribution in [1.82, 2.24) is 0 Å². The maximum Gasteiger partial charge on any atom is 0.118 e. The predicted octanol–water partition coefficient (Wildman–Crippen LogP) is 2.25. The van der Waals surface area contributed by atoms with Gasteiger partial charge in [0.2, 0.25) is 0 Å². The Hall–Kier alpha value is -0.290. The molecule has 2 unspecified atom stereocenters. The van der Waals surface area contributed by atoms with Crippen LogP contribution < -0.4 is 0 Å². The van der Waals surface area contributed by atoms with Crippen LogP contribution in [0.1, 0.15) is 19.8 Å². The highest BCUT2D eigenvalue weighted by Gasteiger charge is 2.24. The zero-order valence-corrected chi connectivity index (χ0v) is 7.86. The Labute approximate surface area is 69.7 Å². The van der Waals surface area contributed by atoms with Crippen molar-refractivity contribution in [2.75, 3.05) is 0 Å². The van der Waals surface area contributed by atoms with Gasteiger partial charge >= 0.3 is 0 Å². The van der Waals surface area contributed by atoms with Gasteiger partial charge in [-0.3, -0.25) is 0 Å². The average molecular weight is 168 g/mol. The highest BCUT2D eigenvalue weighted by Crippen LogP contribution is 2.34. The van der Waals surface area contributed by atoms with Crippen LogP contribution in [0.15, 0.2) is 23.5 Å². The van der Waals surface area contributed by atoms with Crippen molar-refractivity contribution >= 4 is 9.24 Å². The molecule has 0 aromatic rings. The molecule has 1 nitrogen and oxygen atoms in total. The van der Waals surface area contributed by atoms with Gasteiger partial charge in [-0.2, -0.15) is 0 Å². The second-order valence-electron chi connectivity index (χ2n) is 3.29.